The monoisotopic (exact) mass is 477 g/mol. The van der Waals surface area contributed by atoms with Crippen molar-refractivity contribution in [1.29, 1.82) is 0 Å². The van der Waals surface area contributed by atoms with Crippen molar-refractivity contribution in [1.82, 2.24) is 5.32 Å². The number of benzene rings is 3. The predicted molar refractivity (Wildman–Crippen MR) is 130 cm³/mol. The highest BCUT2D eigenvalue weighted by Crippen LogP contribution is 2.28. The lowest BCUT2D eigenvalue weighted by atomic mass is 9.87. The van der Waals surface area contributed by atoms with Crippen molar-refractivity contribution in [3.63, 3.8) is 0 Å². The van der Waals surface area contributed by atoms with Gasteiger partial charge in [0.2, 0.25) is 0 Å². The predicted octanol–water partition coefficient (Wildman–Crippen LogP) is 5.39. The van der Waals surface area contributed by atoms with Gasteiger partial charge in [-0.25, -0.2) is 4.39 Å². The first-order valence-corrected chi connectivity index (χ1v) is 11.9. The molecule has 0 atom stereocenters. The summed E-state index contributed by atoms with van der Waals surface area (Å²) in [6.45, 7) is 0.353. The molecule has 182 valence electrons. The fourth-order valence-corrected chi connectivity index (χ4v) is 4.40. The molecule has 0 saturated heterocycles. The van der Waals surface area contributed by atoms with Gasteiger partial charge in [0.1, 0.15) is 11.6 Å². The van der Waals surface area contributed by atoms with Crippen LogP contribution in [-0.2, 0) is 4.79 Å². The molecule has 1 aliphatic rings. The molecule has 0 spiro atoms. The Bertz CT molecular complexity index is 1220. The van der Waals surface area contributed by atoms with Crippen molar-refractivity contribution >= 4 is 28.4 Å². The van der Waals surface area contributed by atoms with Gasteiger partial charge in [0, 0.05) is 24.1 Å². The van der Waals surface area contributed by atoms with Crippen LogP contribution in [0.25, 0.3) is 10.8 Å². The van der Waals surface area contributed by atoms with Gasteiger partial charge in [-0.2, -0.15) is 0 Å². The van der Waals surface area contributed by atoms with E-state index in [1.54, 1.807) is 48.5 Å². The third kappa shape index (κ3) is 6.44. The number of ether oxygens (including phenoxy) is 1. The summed E-state index contributed by atoms with van der Waals surface area (Å²) >= 11 is 0. The summed E-state index contributed by atoms with van der Waals surface area (Å²) in [5, 5.41) is 13.4. The fraction of sp³-hybridized carbons (Fsp3) is 0.321. The maximum Gasteiger partial charge on any atom is 0.306 e. The van der Waals surface area contributed by atoms with E-state index in [1.807, 2.05) is 0 Å². The number of ketones is 1. The van der Waals surface area contributed by atoms with E-state index in [0.29, 0.717) is 67.3 Å². The molecule has 35 heavy (non-hydrogen) atoms. The number of Topliss-reactive ketones (excluding diaryl/α,β-unsaturated/α-hetero) is 1. The first-order valence-electron chi connectivity index (χ1n) is 11.9. The van der Waals surface area contributed by atoms with Crippen molar-refractivity contribution in [3.05, 3.63) is 77.6 Å². The van der Waals surface area contributed by atoms with E-state index in [4.69, 9.17) is 9.84 Å². The van der Waals surface area contributed by atoms with E-state index in [0.717, 1.165) is 5.39 Å². The standard InChI is InChI=1S/C28H28FNO5/c29-23-10-5-18-3-4-21(16-22(18)17-23)27(32)30-15-1-2-26(31)19-6-11-24(12-7-19)35-25-13-8-20(9-14-25)28(33)34/h3-7,10-12,16-17,20,25H,1-2,8-9,13-15H2,(H,30,32)(H,33,34). The Kier molecular flexibility index (Phi) is 7.75. The summed E-state index contributed by atoms with van der Waals surface area (Å²) < 4.78 is 19.4. The number of carboxylic acids is 1. The lowest BCUT2D eigenvalue weighted by Gasteiger charge is -2.26. The number of carbonyl (C=O) groups excluding carboxylic acids is 2. The first kappa shape index (κ1) is 24.4. The molecule has 6 nitrogen and oxygen atoms in total. The number of hydrogen-bond acceptors (Lipinski definition) is 4. The molecular formula is C28H28FNO5. The van der Waals surface area contributed by atoms with Crippen LogP contribution in [0.15, 0.2) is 60.7 Å². The van der Waals surface area contributed by atoms with Crippen LogP contribution in [0.4, 0.5) is 4.39 Å². The number of rotatable bonds is 9. The number of carboxylic acid groups (broad SMARTS) is 1. The molecule has 1 amide bonds. The van der Waals surface area contributed by atoms with Gasteiger partial charge in [-0.05, 0) is 91.4 Å². The van der Waals surface area contributed by atoms with Crippen LogP contribution in [0.5, 0.6) is 5.75 Å². The lowest BCUT2D eigenvalue weighted by Crippen LogP contribution is -2.27. The third-order valence-electron chi connectivity index (χ3n) is 6.43. The Morgan fingerprint density at radius 1 is 0.886 bits per heavy atom. The van der Waals surface area contributed by atoms with E-state index in [2.05, 4.69) is 5.32 Å². The van der Waals surface area contributed by atoms with E-state index >= 15 is 0 Å². The SMILES string of the molecule is O=C(CCCNC(=O)c1ccc2ccc(F)cc2c1)c1ccc(OC2CCC(C(=O)O)CC2)cc1. The van der Waals surface area contributed by atoms with E-state index in [9.17, 15) is 18.8 Å². The topological polar surface area (TPSA) is 92.7 Å². The van der Waals surface area contributed by atoms with E-state index < -0.39 is 5.97 Å². The first-order chi connectivity index (χ1) is 16.9. The van der Waals surface area contributed by atoms with Crippen LogP contribution in [0.1, 0.15) is 59.2 Å². The second-order valence-corrected chi connectivity index (χ2v) is 8.94. The smallest absolute Gasteiger partial charge is 0.306 e. The molecule has 0 unspecified atom stereocenters. The molecule has 0 aliphatic heterocycles. The molecule has 0 bridgehead atoms. The Labute approximate surface area is 203 Å². The van der Waals surface area contributed by atoms with Crippen LogP contribution >= 0.6 is 0 Å². The van der Waals surface area contributed by atoms with Gasteiger partial charge in [0.15, 0.2) is 5.78 Å². The Balaban J connectivity index is 1.20. The van der Waals surface area contributed by atoms with Crippen LogP contribution in [0.2, 0.25) is 0 Å². The number of hydrogen-bond donors (Lipinski definition) is 2. The van der Waals surface area contributed by atoms with Crippen molar-refractivity contribution in [3.8, 4) is 5.75 Å². The Morgan fingerprint density at radius 2 is 1.57 bits per heavy atom. The van der Waals surface area contributed by atoms with Gasteiger partial charge in [0.05, 0.1) is 12.0 Å². The molecule has 0 radical (unpaired) electrons. The molecule has 0 heterocycles. The summed E-state index contributed by atoms with van der Waals surface area (Å²) in [6.07, 6.45) is 3.44. The summed E-state index contributed by atoms with van der Waals surface area (Å²) in [5.74, 6) is -0.983. The fourth-order valence-electron chi connectivity index (χ4n) is 4.40. The summed E-state index contributed by atoms with van der Waals surface area (Å²) in [7, 11) is 0. The minimum Gasteiger partial charge on any atom is -0.490 e. The third-order valence-corrected chi connectivity index (χ3v) is 6.43. The molecule has 1 fully saturated rings. The average Bonchev–Trinajstić information content (AvgIpc) is 2.86. The highest BCUT2D eigenvalue weighted by atomic mass is 19.1. The second-order valence-electron chi connectivity index (χ2n) is 8.94. The molecule has 0 aromatic heterocycles. The molecule has 1 saturated carbocycles. The van der Waals surface area contributed by atoms with Gasteiger partial charge >= 0.3 is 5.97 Å². The molecule has 3 aromatic rings. The number of aliphatic carboxylic acids is 1. The highest BCUT2D eigenvalue weighted by molar-refractivity contribution is 5.99. The van der Waals surface area contributed by atoms with Gasteiger partial charge in [-0.15, -0.1) is 0 Å². The number of halogens is 1. The highest BCUT2D eigenvalue weighted by Gasteiger charge is 2.26. The van der Waals surface area contributed by atoms with Crippen LogP contribution in [0.3, 0.4) is 0 Å². The quantitative estimate of drug-likeness (QED) is 0.318. The number of carbonyl (C=O) groups is 3. The van der Waals surface area contributed by atoms with Crippen LogP contribution < -0.4 is 10.1 Å². The second kappa shape index (κ2) is 11.1. The minimum atomic E-state index is -0.740. The van der Waals surface area contributed by atoms with Crippen molar-refractivity contribution in [2.24, 2.45) is 5.92 Å². The average molecular weight is 478 g/mol. The zero-order valence-electron chi connectivity index (χ0n) is 19.3. The Hall–Kier alpha value is -3.74. The minimum absolute atomic E-state index is 0.00242. The largest absolute Gasteiger partial charge is 0.490 e. The molecular weight excluding hydrogens is 449 g/mol. The molecule has 2 N–H and O–H groups in total. The number of amides is 1. The summed E-state index contributed by atoms with van der Waals surface area (Å²) in [4.78, 5) is 36.0. The van der Waals surface area contributed by atoms with Gasteiger partial charge in [0.25, 0.3) is 5.91 Å². The maximum absolute atomic E-state index is 13.4. The Morgan fingerprint density at radius 3 is 2.29 bits per heavy atom. The maximum atomic E-state index is 13.4. The van der Waals surface area contributed by atoms with Crippen molar-refractivity contribution in [2.75, 3.05) is 6.54 Å². The lowest BCUT2D eigenvalue weighted by molar-refractivity contribution is -0.143. The molecule has 7 heteroatoms. The van der Waals surface area contributed by atoms with Gasteiger partial charge < -0.3 is 15.2 Å². The van der Waals surface area contributed by atoms with E-state index in [1.165, 1.54) is 12.1 Å². The molecule has 1 aliphatic carbocycles. The van der Waals surface area contributed by atoms with Crippen molar-refractivity contribution in [2.45, 2.75) is 44.6 Å². The van der Waals surface area contributed by atoms with Crippen LogP contribution in [0, 0.1) is 11.7 Å². The van der Waals surface area contributed by atoms with Crippen LogP contribution in [-0.4, -0.2) is 35.4 Å². The summed E-state index contributed by atoms with van der Waals surface area (Å²) in [5.41, 5.74) is 1.02. The normalized spacial score (nSPS) is 17.6. The molecule has 4 rings (SSSR count). The summed E-state index contributed by atoms with van der Waals surface area (Å²) in [6, 6.07) is 16.6. The number of nitrogens with one attached hydrogen (secondary N) is 1. The zero-order chi connectivity index (χ0) is 24.8. The van der Waals surface area contributed by atoms with Gasteiger partial charge in [-0.3, -0.25) is 14.4 Å². The van der Waals surface area contributed by atoms with Crippen molar-refractivity contribution < 1.29 is 28.6 Å². The number of fused-ring (bicyclic) bond motifs is 1. The molecule has 3 aromatic carbocycles. The van der Waals surface area contributed by atoms with E-state index in [-0.39, 0.29) is 29.5 Å². The zero-order valence-corrected chi connectivity index (χ0v) is 19.3. The van der Waals surface area contributed by atoms with Gasteiger partial charge in [-0.1, -0.05) is 12.1 Å².